The van der Waals surface area contributed by atoms with Crippen LogP contribution in [0.1, 0.15) is 20.3 Å². The first-order valence-corrected chi connectivity index (χ1v) is 7.82. The molecule has 0 heterocycles. The number of amides is 1. The van der Waals surface area contributed by atoms with Crippen molar-refractivity contribution in [2.24, 2.45) is 11.7 Å². The lowest BCUT2D eigenvalue weighted by molar-refractivity contribution is -0.123. The van der Waals surface area contributed by atoms with E-state index in [2.05, 4.69) is 5.32 Å². The van der Waals surface area contributed by atoms with Crippen LogP contribution in [-0.4, -0.2) is 24.2 Å². The first kappa shape index (κ1) is 16.3. The molecule has 0 bridgehead atoms. The van der Waals surface area contributed by atoms with Gasteiger partial charge in [0.2, 0.25) is 5.91 Å². The van der Waals surface area contributed by atoms with Crippen molar-refractivity contribution in [2.75, 3.05) is 12.3 Å². The number of rotatable bonds is 7. The molecule has 0 saturated heterocycles. The number of benzene rings is 1. The van der Waals surface area contributed by atoms with Gasteiger partial charge >= 0.3 is 0 Å². The summed E-state index contributed by atoms with van der Waals surface area (Å²) in [5, 5.41) is 3.60. The van der Waals surface area contributed by atoms with Crippen molar-refractivity contribution in [3.63, 3.8) is 0 Å². The Morgan fingerprint density at radius 3 is 2.63 bits per heavy atom. The van der Waals surface area contributed by atoms with E-state index in [9.17, 15) is 4.79 Å². The molecule has 0 fully saturated rings. The Morgan fingerprint density at radius 1 is 1.42 bits per heavy atom. The third-order valence-corrected chi connectivity index (χ3v) is 4.31. The molecule has 3 N–H and O–H groups in total. The summed E-state index contributed by atoms with van der Waals surface area (Å²) in [5.41, 5.74) is 5.85. The SMILES string of the molecule is CCC(C)C(N)C(=O)NCCSc1ccc(Cl)cc1. The van der Waals surface area contributed by atoms with Crippen LogP contribution < -0.4 is 11.1 Å². The molecule has 0 saturated carbocycles. The number of hydrogen-bond acceptors (Lipinski definition) is 3. The third kappa shape index (κ3) is 5.85. The van der Waals surface area contributed by atoms with E-state index < -0.39 is 6.04 Å². The fourth-order valence-corrected chi connectivity index (χ4v) is 2.40. The molecule has 0 spiro atoms. The monoisotopic (exact) mass is 300 g/mol. The van der Waals surface area contributed by atoms with E-state index in [4.69, 9.17) is 17.3 Å². The number of carbonyl (C=O) groups excluding carboxylic acids is 1. The van der Waals surface area contributed by atoms with Gasteiger partial charge in [0.15, 0.2) is 0 Å². The van der Waals surface area contributed by atoms with E-state index in [0.717, 1.165) is 22.1 Å². The lowest BCUT2D eigenvalue weighted by Crippen LogP contribution is -2.45. The Kier molecular flexibility index (Phi) is 7.28. The summed E-state index contributed by atoms with van der Waals surface area (Å²) in [7, 11) is 0. The molecule has 0 radical (unpaired) electrons. The van der Waals surface area contributed by atoms with Crippen LogP contribution >= 0.6 is 23.4 Å². The number of nitrogens with two attached hydrogens (primary N) is 1. The predicted octanol–water partition coefficient (Wildman–Crippen LogP) is 2.92. The maximum atomic E-state index is 11.7. The summed E-state index contributed by atoms with van der Waals surface area (Å²) in [6.07, 6.45) is 0.911. The molecule has 1 aromatic rings. The largest absolute Gasteiger partial charge is 0.354 e. The molecule has 0 aromatic heterocycles. The van der Waals surface area contributed by atoms with Crippen LogP contribution in [0.25, 0.3) is 0 Å². The summed E-state index contributed by atoms with van der Waals surface area (Å²) >= 11 is 7.50. The van der Waals surface area contributed by atoms with Crippen LogP contribution in [0, 0.1) is 5.92 Å². The molecule has 0 aliphatic heterocycles. The first-order chi connectivity index (χ1) is 9.04. The molecule has 0 aliphatic rings. The van der Waals surface area contributed by atoms with Crippen molar-refractivity contribution in [1.82, 2.24) is 5.32 Å². The van der Waals surface area contributed by atoms with E-state index in [1.54, 1.807) is 11.8 Å². The molecule has 19 heavy (non-hydrogen) atoms. The molecule has 2 atom stereocenters. The van der Waals surface area contributed by atoms with Gasteiger partial charge in [-0.15, -0.1) is 11.8 Å². The second-order valence-corrected chi connectivity index (χ2v) is 6.11. The molecule has 3 nitrogen and oxygen atoms in total. The Morgan fingerprint density at radius 2 is 2.05 bits per heavy atom. The van der Waals surface area contributed by atoms with Crippen LogP contribution in [0.3, 0.4) is 0 Å². The third-order valence-electron chi connectivity index (χ3n) is 3.04. The highest BCUT2D eigenvalue weighted by molar-refractivity contribution is 7.99. The topological polar surface area (TPSA) is 55.1 Å². The molecule has 106 valence electrons. The van der Waals surface area contributed by atoms with Gasteiger partial charge in [0.1, 0.15) is 0 Å². The fraction of sp³-hybridized carbons (Fsp3) is 0.500. The summed E-state index contributed by atoms with van der Waals surface area (Å²) in [6.45, 7) is 4.65. The van der Waals surface area contributed by atoms with Gasteiger partial charge in [-0.25, -0.2) is 0 Å². The number of nitrogens with one attached hydrogen (secondary N) is 1. The Balaban J connectivity index is 2.23. The van der Waals surface area contributed by atoms with E-state index in [0.29, 0.717) is 6.54 Å². The Labute approximate surface area is 124 Å². The van der Waals surface area contributed by atoms with Crippen LogP contribution in [0.15, 0.2) is 29.2 Å². The number of hydrogen-bond donors (Lipinski definition) is 2. The number of thioether (sulfide) groups is 1. The Bertz CT molecular complexity index is 397. The molecular formula is C14H21ClN2OS. The van der Waals surface area contributed by atoms with Crippen LogP contribution in [0.4, 0.5) is 0 Å². The van der Waals surface area contributed by atoms with Gasteiger partial charge < -0.3 is 11.1 Å². The van der Waals surface area contributed by atoms with Crippen LogP contribution in [0.2, 0.25) is 5.02 Å². The van der Waals surface area contributed by atoms with Crippen LogP contribution in [-0.2, 0) is 4.79 Å². The van der Waals surface area contributed by atoms with E-state index in [1.165, 1.54) is 0 Å². The van der Waals surface area contributed by atoms with Crippen molar-refractivity contribution >= 4 is 29.3 Å². The quantitative estimate of drug-likeness (QED) is 0.601. The summed E-state index contributed by atoms with van der Waals surface area (Å²) < 4.78 is 0. The van der Waals surface area contributed by atoms with Crippen LogP contribution in [0.5, 0.6) is 0 Å². The minimum atomic E-state index is -0.412. The molecule has 2 unspecified atom stereocenters. The van der Waals surface area contributed by atoms with Gasteiger partial charge in [0, 0.05) is 22.2 Å². The van der Waals surface area contributed by atoms with Crippen molar-refractivity contribution in [1.29, 1.82) is 0 Å². The highest BCUT2D eigenvalue weighted by Crippen LogP contribution is 2.19. The van der Waals surface area contributed by atoms with Crippen molar-refractivity contribution in [3.8, 4) is 0 Å². The first-order valence-electron chi connectivity index (χ1n) is 6.46. The molecule has 1 amide bonds. The number of halogens is 1. The summed E-state index contributed by atoms with van der Waals surface area (Å²) in [4.78, 5) is 12.9. The average Bonchev–Trinajstić information content (AvgIpc) is 2.43. The molecule has 1 rings (SSSR count). The van der Waals surface area contributed by atoms with E-state index >= 15 is 0 Å². The zero-order chi connectivity index (χ0) is 14.3. The summed E-state index contributed by atoms with van der Waals surface area (Å²) in [5.74, 6) is 0.968. The van der Waals surface area contributed by atoms with Gasteiger partial charge in [-0.1, -0.05) is 31.9 Å². The summed E-state index contributed by atoms with van der Waals surface area (Å²) in [6, 6.07) is 7.26. The highest BCUT2D eigenvalue weighted by Gasteiger charge is 2.18. The zero-order valence-electron chi connectivity index (χ0n) is 11.4. The van der Waals surface area contributed by atoms with E-state index in [1.807, 2.05) is 38.1 Å². The fourth-order valence-electron chi connectivity index (χ4n) is 1.50. The van der Waals surface area contributed by atoms with Gasteiger partial charge in [0.05, 0.1) is 6.04 Å². The van der Waals surface area contributed by atoms with Crippen molar-refractivity contribution in [3.05, 3.63) is 29.3 Å². The predicted molar refractivity (Wildman–Crippen MR) is 82.6 cm³/mol. The minimum absolute atomic E-state index is 0.0638. The maximum Gasteiger partial charge on any atom is 0.237 e. The second kappa shape index (κ2) is 8.46. The average molecular weight is 301 g/mol. The van der Waals surface area contributed by atoms with Gasteiger partial charge in [-0.3, -0.25) is 4.79 Å². The van der Waals surface area contributed by atoms with Gasteiger partial charge in [-0.2, -0.15) is 0 Å². The second-order valence-electron chi connectivity index (χ2n) is 4.50. The number of carbonyl (C=O) groups is 1. The van der Waals surface area contributed by atoms with Crippen molar-refractivity contribution in [2.45, 2.75) is 31.2 Å². The minimum Gasteiger partial charge on any atom is -0.354 e. The highest BCUT2D eigenvalue weighted by atomic mass is 35.5. The maximum absolute atomic E-state index is 11.7. The van der Waals surface area contributed by atoms with E-state index in [-0.39, 0.29) is 11.8 Å². The Hall–Kier alpha value is -0.710. The normalized spacial score (nSPS) is 13.9. The lowest BCUT2D eigenvalue weighted by atomic mass is 9.99. The molecular weight excluding hydrogens is 280 g/mol. The molecule has 5 heteroatoms. The molecule has 1 aromatic carbocycles. The zero-order valence-corrected chi connectivity index (χ0v) is 12.9. The smallest absolute Gasteiger partial charge is 0.237 e. The van der Waals surface area contributed by atoms with Gasteiger partial charge in [-0.05, 0) is 30.2 Å². The van der Waals surface area contributed by atoms with Crippen molar-refractivity contribution < 1.29 is 4.79 Å². The standard InChI is InChI=1S/C14H21ClN2OS/c1-3-10(2)13(16)14(18)17-8-9-19-12-6-4-11(15)5-7-12/h4-7,10,13H,3,8-9,16H2,1-2H3,(H,17,18). The lowest BCUT2D eigenvalue weighted by Gasteiger charge is -2.17. The molecule has 0 aliphatic carbocycles. The van der Waals surface area contributed by atoms with Gasteiger partial charge in [0.25, 0.3) is 0 Å².